The Balaban J connectivity index is 0.00000200. The van der Waals surface area contributed by atoms with Crippen LogP contribution in [0.1, 0.15) is 12.8 Å². The van der Waals surface area contributed by atoms with E-state index in [-0.39, 0.29) is 24.4 Å². The fourth-order valence-electron chi connectivity index (χ4n) is 2.10. The largest absolute Gasteiger partial charge is 0.492 e. The number of carbonyl (C=O) groups excluding carboxylic acids is 1. The summed E-state index contributed by atoms with van der Waals surface area (Å²) in [5, 5.41) is 3.89. The maximum atomic E-state index is 12.0. The molecule has 4 nitrogen and oxygen atoms in total. The third kappa shape index (κ3) is 4.85. The van der Waals surface area contributed by atoms with E-state index in [1.54, 1.807) is 17.0 Å². The quantitative estimate of drug-likeness (QED) is 0.906. The molecule has 1 aliphatic rings. The molecule has 1 unspecified atom stereocenters. The van der Waals surface area contributed by atoms with Gasteiger partial charge in [-0.3, -0.25) is 4.79 Å². The monoisotopic (exact) mass is 318 g/mol. The van der Waals surface area contributed by atoms with Gasteiger partial charge in [0.05, 0.1) is 12.6 Å². The lowest BCUT2D eigenvalue weighted by Gasteiger charge is -2.21. The van der Waals surface area contributed by atoms with E-state index < -0.39 is 0 Å². The van der Waals surface area contributed by atoms with Gasteiger partial charge in [-0.1, -0.05) is 11.6 Å². The summed E-state index contributed by atoms with van der Waals surface area (Å²) in [5.74, 6) is 0.918. The molecule has 20 heavy (non-hydrogen) atoms. The van der Waals surface area contributed by atoms with Crippen LogP contribution in [0.2, 0.25) is 5.02 Å². The Morgan fingerprint density at radius 2 is 2.15 bits per heavy atom. The maximum Gasteiger partial charge on any atom is 0.239 e. The minimum absolute atomic E-state index is 0. The second-order valence-corrected chi connectivity index (χ2v) is 5.15. The molecule has 1 saturated heterocycles. The van der Waals surface area contributed by atoms with Crippen molar-refractivity contribution in [1.82, 2.24) is 10.2 Å². The molecule has 0 spiro atoms. The SMILES string of the molecule is CN(CCOc1ccc(Cl)cc1)C(=O)C1CCCN1.Cl. The second kappa shape index (κ2) is 8.35. The highest BCUT2D eigenvalue weighted by Gasteiger charge is 2.24. The summed E-state index contributed by atoms with van der Waals surface area (Å²) >= 11 is 5.80. The zero-order valence-corrected chi connectivity index (χ0v) is 13.0. The molecule has 1 aromatic rings. The van der Waals surface area contributed by atoms with Crippen LogP contribution in [-0.2, 0) is 4.79 Å². The van der Waals surface area contributed by atoms with Crippen LogP contribution in [0.5, 0.6) is 5.75 Å². The molecule has 0 radical (unpaired) electrons. The Morgan fingerprint density at radius 3 is 2.75 bits per heavy atom. The van der Waals surface area contributed by atoms with E-state index in [4.69, 9.17) is 16.3 Å². The van der Waals surface area contributed by atoms with E-state index in [2.05, 4.69) is 5.32 Å². The Kier molecular flexibility index (Phi) is 7.13. The number of hydrogen-bond donors (Lipinski definition) is 1. The van der Waals surface area contributed by atoms with Crippen LogP contribution in [0, 0.1) is 0 Å². The van der Waals surface area contributed by atoms with E-state index in [9.17, 15) is 4.79 Å². The highest BCUT2D eigenvalue weighted by atomic mass is 35.5. The predicted octanol–water partition coefficient (Wildman–Crippen LogP) is 2.35. The van der Waals surface area contributed by atoms with Crippen LogP contribution in [0.3, 0.4) is 0 Å². The number of halogens is 2. The molecule has 0 bridgehead atoms. The van der Waals surface area contributed by atoms with Crippen molar-refractivity contribution in [1.29, 1.82) is 0 Å². The lowest BCUT2D eigenvalue weighted by atomic mass is 10.2. The third-order valence-corrected chi connectivity index (χ3v) is 3.50. The van der Waals surface area contributed by atoms with Crippen molar-refractivity contribution in [2.24, 2.45) is 0 Å². The molecule has 0 aliphatic carbocycles. The first kappa shape index (κ1) is 17.1. The van der Waals surface area contributed by atoms with Crippen LogP contribution >= 0.6 is 24.0 Å². The number of amides is 1. The van der Waals surface area contributed by atoms with Crippen molar-refractivity contribution < 1.29 is 9.53 Å². The van der Waals surface area contributed by atoms with Gasteiger partial charge in [0.1, 0.15) is 12.4 Å². The maximum absolute atomic E-state index is 12.0. The van der Waals surface area contributed by atoms with E-state index in [0.717, 1.165) is 25.1 Å². The first-order chi connectivity index (χ1) is 9.16. The fraction of sp³-hybridized carbons (Fsp3) is 0.500. The van der Waals surface area contributed by atoms with Crippen molar-refractivity contribution in [2.75, 3.05) is 26.7 Å². The van der Waals surface area contributed by atoms with Crippen molar-refractivity contribution >= 4 is 29.9 Å². The Labute approximate surface area is 130 Å². The van der Waals surface area contributed by atoms with Gasteiger partial charge < -0.3 is 15.0 Å². The molecule has 1 fully saturated rings. The number of nitrogens with zero attached hydrogens (tertiary/aromatic N) is 1. The molecular weight excluding hydrogens is 299 g/mol. The molecule has 0 saturated carbocycles. The summed E-state index contributed by atoms with van der Waals surface area (Å²) in [6.45, 7) is 2.00. The van der Waals surface area contributed by atoms with Gasteiger partial charge in [0.15, 0.2) is 0 Å². The number of rotatable bonds is 5. The fourth-order valence-corrected chi connectivity index (χ4v) is 2.23. The number of nitrogens with one attached hydrogen (secondary N) is 1. The predicted molar refractivity (Wildman–Crippen MR) is 82.9 cm³/mol. The molecule has 0 aromatic heterocycles. The van der Waals surface area contributed by atoms with Crippen molar-refractivity contribution in [3.63, 3.8) is 0 Å². The van der Waals surface area contributed by atoms with Gasteiger partial charge in [-0.25, -0.2) is 0 Å². The third-order valence-electron chi connectivity index (χ3n) is 3.24. The van der Waals surface area contributed by atoms with Crippen LogP contribution in [0.15, 0.2) is 24.3 Å². The van der Waals surface area contributed by atoms with E-state index in [1.165, 1.54) is 0 Å². The van der Waals surface area contributed by atoms with Crippen LogP contribution < -0.4 is 10.1 Å². The minimum Gasteiger partial charge on any atom is -0.492 e. The second-order valence-electron chi connectivity index (χ2n) is 4.71. The van der Waals surface area contributed by atoms with Gasteiger partial charge in [0.2, 0.25) is 5.91 Å². The summed E-state index contributed by atoms with van der Waals surface area (Å²) in [7, 11) is 1.81. The van der Waals surface area contributed by atoms with Crippen molar-refractivity contribution in [3.05, 3.63) is 29.3 Å². The topological polar surface area (TPSA) is 41.6 Å². The van der Waals surface area contributed by atoms with E-state index in [1.807, 2.05) is 19.2 Å². The number of benzene rings is 1. The van der Waals surface area contributed by atoms with Gasteiger partial charge in [-0.05, 0) is 43.7 Å². The highest BCUT2D eigenvalue weighted by Crippen LogP contribution is 2.15. The van der Waals surface area contributed by atoms with Gasteiger partial charge in [-0.15, -0.1) is 12.4 Å². The Hall–Kier alpha value is -0.970. The van der Waals surface area contributed by atoms with Crippen LogP contribution in [0.4, 0.5) is 0 Å². The summed E-state index contributed by atoms with van der Waals surface area (Å²) < 4.78 is 5.57. The smallest absolute Gasteiger partial charge is 0.239 e. The van der Waals surface area contributed by atoms with Crippen LogP contribution in [0.25, 0.3) is 0 Å². The Bertz CT molecular complexity index is 420. The van der Waals surface area contributed by atoms with Crippen molar-refractivity contribution in [3.8, 4) is 5.75 Å². The summed E-state index contributed by atoms with van der Waals surface area (Å²) in [5.41, 5.74) is 0. The molecule has 1 atom stereocenters. The Morgan fingerprint density at radius 1 is 1.45 bits per heavy atom. The van der Waals surface area contributed by atoms with Gasteiger partial charge in [0.25, 0.3) is 0 Å². The molecule has 1 aliphatic heterocycles. The lowest BCUT2D eigenvalue weighted by Crippen LogP contribution is -2.43. The van der Waals surface area contributed by atoms with E-state index in [0.29, 0.717) is 18.2 Å². The first-order valence-corrected chi connectivity index (χ1v) is 6.91. The standard InChI is InChI=1S/C14H19ClN2O2.ClH/c1-17(14(18)13-3-2-8-16-13)9-10-19-12-6-4-11(15)5-7-12;/h4-7,13,16H,2-3,8-10H2,1H3;1H. The molecule has 6 heteroatoms. The summed E-state index contributed by atoms with van der Waals surface area (Å²) in [6, 6.07) is 7.20. The van der Waals surface area contributed by atoms with Gasteiger partial charge in [-0.2, -0.15) is 0 Å². The molecule has 1 heterocycles. The molecule has 1 N–H and O–H groups in total. The zero-order chi connectivity index (χ0) is 13.7. The molecule has 112 valence electrons. The molecule has 1 aromatic carbocycles. The van der Waals surface area contributed by atoms with Crippen molar-refractivity contribution in [2.45, 2.75) is 18.9 Å². The van der Waals surface area contributed by atoms with Gasteiger partial charge >= 0.3 is 0 Å². The lowest BCUT2D eigenvalue weighted by molar-refractivity contribution is -0.132. The molecule has 2 rings (SSSR count). The normalized spacial score (nSPS) is 17.4. The van der Waals surface area contributed by atoms with E-state index >= 15 is 0 Å². The highest BCUT2D eigenvalue weighted by molar-refractivity contribution is 6.30. The molecular formula is C14H20Cl2N2O2. The average Bonchev–Trinajstić information content (AvgIpc) is 2.94. The average molecular weight is 319 g/mol. The molecule has 1 amide bonds. The van der Waals surface area contributed by atoms with Gasteiger partial charge in [0, 0.05) is 12.1 Å². The summed E-state index contributed by atoms with van der Waals surface area (Å²) in [6.07, 6.45) is 2.01. The minimum atomic E-state index is -0.0134. The number of ether oxygens (including phenoxy) is 1. The zero-order valence-electron chi connectivity index (χ0n) is 11.5. The first-order valence-electron chi connectivity index (χ1n) is 6.53. The summed E-state index contributed by atoms with van der Waals surface area (Å²) in [4.78, 5) is 13.7. The number of carbonyl (C=O) groups is 1. The number of likely N-dealkylation sites (N-methyl/N-ethyl adjacent to an activating group) is 1. The van der Waals surface area contributed by atoms with Crippen LogP contribution in [-0.4, -0.2) is 43.6 Å². The number of hydrogen-bond acceptors (Lipinski definition) is 3.